The molecule has 0 amide bonds. The third kappa shape index (κ3) is 1.75. The lowest BCUT2D eigenvalue weighted by atomic mass is 10.1. The van der Waals surface area contributed by atoms with Crippen molar-refractivity contribution in [1.82, 2.24) is 9.78 Å². The van der Waals surface area contributed by atoms with Gasteiger partial charge < -0.3 is 19.7 Å². The van der Waals surface area contributed by atoms with Gasteiger partial charge in [-0.1, -0.05) is 0 Å². The largest absolute Gasteiger partial charge is 0.508 e. The minimum absolute atomic E-state index is 0.0114. The van der Waals surface area contributed by atoms with Crippen LogP contribution in [0.2, 0.25) is 0 Å². The maximum Gasteiger partial charge on any atom is 0.356 e. The minimum Gasteiger partial charge on any atom is -0.508 e. The van der Waals surface area contributed by atoms with E-state index in [1.165, 1.54) is 22.9 Å². The number of aromatic nitrogens is 2. The van der Waals surface area contributed by atoms with Gasteiger partial charge in [0.15, 0.2) is 17.2 Å². The molecule has 3 rings (SSSR count). The van der Waals surface area contributed by atoms with E-state index >= 15 is 0 Å². The van der Waals surface area contributed by atoms with E-state index in [0.29, 0.717) is 22.8 Å². The van der Waals surface area contributed by atoms with Gasteiger partial charge in [0.05, 0.1) is 5.69 Å². The van der Waals surface area contributed by atoms with Crippen molar-refractivity contribution < 1.29 is 24.5 Å². The first-order valence-corrected chi connectivity index (χ1v) is 5.46. The number of hydrogen-bond acceptors (Lipinski definition) is 5. The van der Waals surface area contributed by atoms with Gasteiger partial charge in [0, 0.05) is 18.7 Å². The molecule has 2 aromatic rings. The maximum absolute atomic E-state index is 10.9. The molecule has 0 aliphatic carbocycles. The molecule has 98 valence electrons. The van der Waals surface area contributed by atoms with Crippen LogP contribution in [0, 0.1) is 0 Å². The number of aromatic carboxylic acids is 1. The zero-order valence-corrected chi connectivity index (χ0v) is 9.95. The molecule has 2 N–H and O–H groups in total. The second-order valence-corrected chi connectivity index (χ2v) is 4.07. The van der Waals surface area contributed by atoms with E-state index in [-0.39, 0.29) is 18.2 Å². The normalized spacial score (nSPS) is 12.7. The standard InChI is InChI=1S/C12H10N2O5/c1-14-9(4-8(13-14)12(16)17)7-2-6(15)3-10-11(7)19-5-18-10/h2-4,15H,5H2,1H3,(H,16,17). The molecule has 1 aliphatic heterocycles. The van der Waals surface area contributed by atoms with Gasteiger partial charge in [-0.15, -0.1) is 0 Å². The first-order chi connectivity index (χ1) is 9.06. The number of aryl methyl sites for hydroxylation is 1. The minimum atomic E-state index is -1.11. The number of rotatable bonds is 2. The molecule has 0 spiro atoms. The molecule has 0 unspecified atom stereocenters. The van der Waals surface area contributed by atoms with Crippen LogP contribution in [-0.4, -0.2) is 32.8 Å². The zero-order chi connectivity index (χ0) is 13.6. The summed E-state index contributed by atoms with van der Waals surface area (Å²) in [4.78, 5) is 10.9. The predicted octanol–water partition coefficient (Wildman–Crippen LogP) is 1.22. The summed E-state index contributed by atoms with van der Waals surface area (Å²) in [6.07, 6.45) is 0. The quantitative estimate of drug-likeness (QED) is 0.845. The summed E-state index contributed by atoms with van der Waals surface area (Å²) in [5, 5.41) is 22.5. The van der Waals surface area contributed by atoms with Gasteiger partial charge in [-0.2, -0.15) is 5.10 Å². The van der Waals surface area contributed by atoms with Gasteiger partial charge in [0.2, 0.25) is 6.79 Å². The van der Waals surface area contributed by atoms with E-state index < -0.39 is 5.97 Å². The number of aromatic hydroxyl groups is 1. The van der Waals surface area contributed by atoms with Gasteiger partial charge in [-0.25, -0.2) is 4.79 Å². The fourth-order valence-electron chi connectivity index (χ4n) is 2.01. The molecule has 7 nitrogen and oxygen atoms in total. The Balaban J connectivity index is 2.20. The van der Waals surface area contributed by atoms with E-state index in [0.717, 1.165) is 0 Å². The third-order valence-corrected chi connectivity index (χ3v) is 2.83. The number of benzene rings is 1. The molecule has 0 fully saturated rings. The van der Waals surface area contributed by atoms with Crippen molar-refractivity contribution in [3.05, 3.63) is 23.9 Å². The number of nitrogens with zero attached hydrogens (tertiary/aromatic N) is 2. The smallest absolute Gasteiger partial charge is 0.356 e. The van der Waals surface area contributed by atoms with Crippen molar-refractivity contribution in [1.29, 1.82) is 0 Å². The number of carboxylic acid groups (broad SMARTS) is 1. The molecule has 2 heterocycles. The number of hydrogen-bond donors (Lipinski definition) is 2. The highest BCUT2D eigenvalue weighted by Gasteiger charge is 2.23. The highest BCUT2D eigenvalue weighted by atomic mass is 16.7. The monoisotopic (exact) mass is 262 g/mol. The van der Waals surface area contributed by atoms with E-state index in [1.807, 2.05) is 0 Å². The van der Waals surface area contributed by atoms with Crippen LogP contribution in [0.4, 0.5) is 0 Å². The molecule has 0 saturated carbocycles. The summed E-state index contributed by atoms with van der Waals surface area (Å²) in [5.74, 6) is -0.209. The van der Waals surface area contributed by atoms with E-state index in [2.05, 4.69) is 5.10 Å². The van der Waals surface area contributed by atoms with Crippen molar-refractivity contribution >= 4 is 5.97 Å². The van der Waals surface area contributed by atoms with E-state index in [1.54, 1.807) is 7.05 Å². The van der Waals surface area contributed by atoms with Crippen LogP contribution >= 0.6 is 0 Å². The Morgan fingerprint density at radius 2 is 2.16 bits per heavy atom. The highest BCUT2D eigenvalue weighted by molar-refractivity contribution is 5.87. The SMILES string of the molecule is Cn1nc(C(=O)O)cc1-c1cc(O)cc2c1OCO2. The first kappa shape index (κ1) is 11.4. The summed E-state index contributed by atoms with van der Waals surface area (Å²) in [5.41, 5.74) is 0.985. The summed E-state index contributed by atoms with van der Waals surface area (Å²) in [7, 11) is 1.62. The Bertz CT molecular complexity index is 677. The first-order valence-electron chi connectivity index (χ1n) is 5.46. The summed E-state index contributed by atoms with van der Waals surface area (Å²) in [6.45, 7) is 0.0649. The van der Waals surface area contributed by atoms with Crippen molar-refractivity contribution in [3.8, 4) is 28.5 Å². The average Bonchev–Trinajstić information content (AvgIpc) is 2.94. The Morgan fingerprint density at radius 1 is 1.37 bits per heavy atom. The number of fused-ring (bicyclic) bond motifs is 1. The van der Waals surface area contributed by atoms with Gasteiger partial charge in [0.25, 0.3) is 0 Å². The summed E-state index contributed by atoms with van der Waals surface area (Å²) in [6, 6.07) is 4.34. The molecule has 0 saturated heterocycles. The lowest BCUT2D eigenvalue weighted by Crippen LogP contribution is -1.99. The van der Waals surface area contributed by atoms with E-state index in [4.69, 9.17) is 14.6 Å². The van der Waals surface area contributed by atoms with Gasteiger partial charge >= 0.3 is 5.97 Å². The van der Waals surface area contributed by atoms with Crippen LogP contribution in [0.3, 0.4) is 0 Å². The fourth-order valence-corrected chi connectivity index (χ4v) is 2.01. The van der Waals surface area contributed by atoms with Gasteiger partial charge in [0.1, 0.15) is 5.75 Å². The zero-order valence-electron chi connectivity index (χ0n) is 9.95. The van der Waals surface area contributed by atoms with Crippen molar-refractivity contribution in [2.75, 3.05) is 6.79 Å². The van der Waals surface area contributed by atoms with Crippen LogP contribution in [0.1, 0.15) is 10.5 Å². The van der Waals surface area contributed by atoms with Crippen LogP contribution in [-0.2, 0) is 7.05 Å². The molecule has 0 atom stereocenters. The maximum atomic E-state index is 10.9. The summed E-state index contributed by atoms with van der Waals surface area (Å²) >= 11 is 0. The van der Waals surface area contributed by atoms with Crippen LogP contribution in [0.15, 0.2) is 18.2 Å². The van der Waals surface area contributed by atoms with Crippen LogP contribution in [0.25, 0.3) is 11.3 Å². The summed E-state index contributed by atoms with van der Waals surface area (Å²) < 4.78 is 12.0. The third-order valence-electron chi connectivity index (χ3n) is 2.83. The topological polar surface area (TPSA) is 93.8 Å². The van der Waals surface area contributed by atoms with Crippen molar-refractivity contribution in [2.24, 2.45) is 7.05 Å². The van der Waals surface area contributed by atoms with Crippen LogP contribution < -0.4 is 9.47 Å². The Hall–Kier alpha value is -2.70. The second-order valence-electron chi connectivity index (χ2n) is 4.07. The number of ether oxygens (including phenoxy) is 2. The molecule has 0 bridgehead atoms. The fraction of sp³-hybridized carbons (Fsp3) is 0.167. The second kappa shape index (κ2) is 3.91. The molecule has 1 aliphatic rings. The number of carboxylic acids is 1. The molecular formula is C12H10N2O5. The van der Waals surface area contributed by atoms with Crippen LogP contribution in [0.5, 0.6) is 17.2 Å². The molecule has 1 aromatic heterocycles. The number of phenols is 1. The molecule has 1 aromatic carbocycles. The average molecular weight is 262 g/mol. The highest BCUT2D eigenvalue weighted by Crippen LogP contribution is 2.44. The van der Waals surface area contributed by atoms with E-state index in [9.17, 15) is 9.90 Å². The van der Waals surface area contributed by atoms with Gasteiger partial charge in [-0.3, -0.25) is 4.68 Å². The Labute approximate surface area is 107 Å². The lowest BCUT2D eigenvalue weighted by Gasteiger charge is -2.06. The Kier molecular flexibility index (Phi) is 2.34. The van der Waals surface area contributed by atoms with Crippen molar-refractivity contribution in [3.63, 3.8) is 0 Å². The number of phenolic OH excluding ortho intramolecular Hbond substituents is 1. The molecular weight excluding hydrogens is 252 g/mol. The van der Waals surface area contributed by atoms with Crippen molar-refractivity contribution in [2.45, 2.75) is 0 Å². The molecule has 0 radical (unpaired) electrons. The predicted molar refractivity (Wildman–Crippen MR) is 63.4 cm³/mol. The Morgan fingerprint density at radius 3 is 2.84 bits per heavy atom. The molecule has 19 heavy (non-hydrogen) atoms. The van der Waals surface area contributed by atoms with Gasteiger partial charge in [-0.05, 0) is 12.1 Å². The number of carbonyl (C=O) groups is 1. The lowest BCUT2D eigenvalue weighted by molar-refractivity contribution is 0.0689. The molecule has 7 heteroatoms.